The van der Waals surface area contributed by atoms with E-state index in [0.29, 0.717) is 16.4 Å². The molecule has 0 aliphatic rings. The second-order valence-electron chi connectivity index (χ2n) is 5.19. The van der Waals surface area contributed by atoms with Gasteiger partial charge in [-0.25, -0.2) is 4.98 Å². The van der Waals surface area contributed by atoms with E-state index in [0.717, 1.165) is 17.1 Å². The number of hydrogen-bond donors (Lipinski definition) is 2. The van der Waals surface area contributed by atoms with Crippen molar-refractivity contribution in [1.82, 2.24) is 4.98 Å². The van der Waals surface area contributed by atoms with Crippen molar-refractivity contribution in [2.24, 2.45) is 0 Å². The fourth-order valence-electron chi connectivity index (χ4n) is 2.25. The summed E-state index contributed by atoms with van der Waals surface area (Å²) in [6.07, 6.45) is 1.59. The third-order valence-electron chi connectivity index (χ3n) is 3.50. The third-order valence-corrected chi connectivity index (χ3v) is 3.83. The van der Waals surface area contributed by atoms with Crippen LogP contribution in [0.2, 0.25) is 5.02 Å². The lowest BCUT2D eigenvalue weighted by molar-refractivity contribution is 0.102. The van der Waals surface area contributed by atoms with Crippen molar-refractivity contribution in [1.29, 1.82) is 0 Å². The van der Waals surface area contributed by atoms with Gasteiger partial charge in [-0.2, -0.15) is 0 Å². The Balaban J connectivity index is 1.72. The van der Waals surface area contributed by atoms with Crippen LogP contribution in [0.25, 0.3) is 0 Å². The van der Waals surface area contributed by atoms with E-state index in [-0.39, 0.29) is 5.91 Å². The number of carbonyl (C=O) groups excluding carboxylic acids is 1. The maximum Gasteiger partial charge on any atom is 0.274 e. The molecule has 2 aromatic carbocycles. The van der Waals surface area contributed by atoms with Crippen molar-refractivity contribution in [2.75, 3.05) is 17.7 Å². The number of rotatable bonds is 5. The molecule has 0 bridgehead atoms. The fraction of sp³-hybridized carbons (Fsp3) is 0.0526. The van der Waals surface area contributed by atoms with Gasteiger partial charge in [-0.05, 0) is 36.4 Å². The molecule has 1 heterocycles. The van der Waals surface area contributed by atoms with Gasteiger partial charge in [-0.1, -0.05) is 35.9 Å². The molecule has 0 spiro atoms. The van der Waals surface area contributed by atoms with Crippen molar-refractivity contribution >= 4 is 34.6 Å². The first-order valence-corrected chi connectivity index (χ1v) is 7.97. The summed E-state index contributed by atoms with van der Waals surface area (Å²) in [5.41, 5.74) is 2.41. The number of aromatic nitrogens is 1. The van der Waals surface area contributed by atoms with E-state index < -0.39 is 0 Å². The van der Waals surface area contributed by atoms with Crippen LogP contribution in [0.1, 0.15) is 10.5 Å². The molecule has 0 unspecified atom stereocenters. The van der Waals surface area contributed by atoms with Gasteiger partial charge in [0.05, 0.1) is 35.4 Å². The lowest BCUT2D eigenvalue weighted by Gasteiger charge is -2.11. The van der Waals surface area contributed by atoms with Crippen LogP contribution in [-0.2, 0) is 0 Å². The molecule has 0 saturated carbocycles. The SMILES string of the molecule is COc1ccccc1Nc1ccc(C(=O)Nc2ccccc2Cl)nc1. The average Bonchev–Trinajstić information content (AvgIpc) is 2.64. The Bertz CT molecular complexity index is 882. The maximum atomic E-state index is 12.3. The van der Waals surface area contributed by atoms with Crippen molar-refractivity contribution in [3.63, 3.8) is 0 Å². The molecule has 1 amide bonds. The third kappa shape index (κ3) is 4.08. The molecule has 0 aliphatic carbocycles. The molecule has 2 N–H and O–H groups in total. The summed E-state index contributed by atoms with van der Waals surface area (Å²) < 4.78 is 5.30. The number of para-hydroxylation sites is 3. The Labute approximate surface area is 150 Å². The zero-order valence-corrected chi connectivity index (χ0v) is 14.2. The number of anilines is 3. The molecule has 0 fully saturated rings. The molecule has 25 heavy (non-hydrogen) atoms. The first-order chi connectivity index (χ1) is 12.2. The summed E-state index contributed by atoms with van der Waals surface area (Å²) in [5.74, 6) is 0.403. The monoisotopic (exact) mass is 353 g/mol. The molecular weight excluding hydrogens is 338 g/mol. The van der Waals surface area contributed by atoms with Gasteiger partial charge in [0.15, 0.2) is 0 Å². The van der Waals surface area contributed by atoms with Gasteiger partial charge < -0.3 is 15.4 Å². The van der Waals surface area contributed by atoms with E-state index in [1.807, 2.05) is 24.3 Å². The van der Waals surface area contributed by atoms with Gasteiger partial charge in [0.25, 0.3) is 5.91 Å². The second kappa shape index (κ2) is 7.68. The zero-order chi connectivity index (χ0) is 17.6. The number of nitrogens with zero attached hydrogens (tertiary/aromatic N) is 1. The first kappa shape index (κ1) is 16.8. The first-order valence-electron chi connectivity index (χ1n) is 7.59. The highest BCUT2D eigenvalue weighted by Crippen LogP contribution is 2.26. The number of nitrogens with one attached hydrogen (secondary N) is 2. The number of carbonyl (C=O) groups is 1. The Morgan fingerprint density at radius 3 is 2.40 bits per heavy atom. The summed E-state index contributed by atoms with van der Waals surface area (Å²) in [6, 6.07) is 18.0. The van der Waals surface area contributed by atoms with Crippen LogP contribution in [0.15, 0.2) is 66.9 Å². The second-order valence-corrected chi connectivity index (χ2v) is 5.60. The minimum atomic E-state index is -0.322. The van der Waals surface area contributed by atoms with E-state index in [1.54, 1.807) is 49.7 Å². The normalized spacial score (nSPS) is 10.2. The van der Waals surface area contributed by atoms with E-state index in [2.05, 4.69) is 15.6 Å². The Morgan fingerprint density at radius 1 is 1.00 bits per heavy atom. The van der Waals surface area contributed by atoms with Crippen LogP contribution in [0.5, 0.6) is 5.75 Å². The van der Waals surface area contributed by atoms with Crippen LogP contribution in [-0.4, -0.2) is 18.0 Å². The maximum absolute atomic E-state index is 12.3. The average molecular weight is 354 g/mol. The van der Waals surface area contributed by atoms with Crippen LogP contribution in [0, 0.1) is 0 Å². The van der Waals surface area contributed by atoms with Crippen molar-refractivity contribution < 1.29 is 9.53 Å². The predicted molar refractivity (Wildman–Crippen MR) is 99.9 cm³/mol. The van der Waals surface area contributed by atoms with E-state index in [4.69, 9.17) is 16.3 Å². The summed E-state index contributed by atoms with van der Waals surface area (Å²) in [7, 11) is 1.61. The highest BCUT2D eigenvalue weighted by Gasteiger charge is 2.10. The van der Waals surface area contributed by atoms with Gasteiger partial charge in [-0.15, -0.1) is 0 Å². The largest absolute Gasteiger partial charge is 0.495 e. The van der Waals surface area contributed by atoms with Crippen LogP contribution >= 0.6 is 11.6 Å². The number of hydrogen-bond acceptors (Lipinski definition) is 4. The smallest absolute Gasteiger partial charge is 0.274 e. The predicted octanol–water partition coefficient (Wildman–Crippen LogP) is 4.74. The molecule has 0 saturated heterocycles. The number of ether oxygens (including phenoxy) is 1. The Morgan fingerprint density at radius 2 is 1.72 bits per heavy atom. The van der Waals surface area contributed by atoms with Crippen LogP contribution in [0.4, 0.5) is 17.1 Å². The highest BCUT2D eigenvalue weighted by atomic mass is 35.5. The van der Waals surface area contributed by atoms with Gasteiger partial charge in [0.2, 0.25) is 0 Å². The number of halogens is 1. The van der Waals surface area contributed by atoms with Crippen LogP contribution in [0.3, 0.4) is 0 Å². The Kier molecular flexibility index (Phi) is 5.16. The lowest BCUT2D eigenvalue weighted by Crippen LogP contribution is -2.13. The molecule has 0 radical (unpaired) electrons. The van der Waals surface area contributed by atoms with Gasteiger partial charge in [0.1, 0.15) is 11.4 Å². The standard InChI is InChI=1S/C19H16ClN3O2/c1-25-18-9-5-4-8-16(18)22-13-10-11-17(21-12-13)19(24)23-15-7-3-2-6-14(15)20/h2-12,22H,1H3,(H,23,24). The topological polar surface area (TPSA) is 63.2 Å². The highest BCUT2D eigenvalue weighted by molar-refractivity contribution is 6.33. The molecule has 6 heteroatoms. The summed E-state index contributed by atoms with van der Waals surface area (Å²) in [5, 5.41) is 6.43. The molecule has 0 aliphatic heterocycles. The fourth-order valence-corrected chi connectivity index (χ4v) is 2.44. The van der Waals surface area contributed by atoms with Crippen molar-refractivity contribution in [3.8, 4) is 5.75 Å². The molecule has 1 aromatic heterocycles. The van der Waals surface area contributed by atoms with E-state index in [9.17, 15) is 4.79 Å². The molecule has 3 rings (SSSR count). The summed E-state index contributed by atoms with van der Waals surface area (Å²) >= 11 is 6.04. The molecule has 126 valence electrons. The number of pyridine rings is 1. The zero-order valence-electron chi connectivity index (χ0n) is 13.5. The number of amides is 1. The minimum Gasteiger partial charge on any atom is -0.495 e. The van der Waals surface area contributed by atoms with Gasteiger partial charge in [0, 0.05) is 0 Å². The summed E-state index contributed by atoms with van der Waals surface area (Å²) in [6.45, 7) is 0. The molecule has 0 atom stereocenters. The quantitative estimate of drug-likeness (QED) is 0.695. The van der Waals surface area contributed by atoms with Gasteiger partial charge >= 0.3 is 0 Å². The van der Waals surface area contributed by atoms with Gasteiger partial charge in [-0.3, -0.25) is 4.79 Å². The van der Waals surface area contributed by atoms with E-state index in [1.165, 1.54) is 0 Å². The summed E-state index contributed by atoms with van der Waals surface area (Å²) in [4.78, 5) is 16.5. The van der Waals surface area contributed by atoms with Crippen LogP contribution < -0.4 is 15.4 Å². The van der Waals surface area contributed by atoms with E-state index >= 15 is 0 Å². The molecule has 3 aromatic rings. The van der Waals surface area contributed by atoms with Crippen molar-refractivity contribution in [3.05, 3.63) is 77.6 Å². The Hall–Kier alpha value is -3.05. The molecular formula is C19H16ClN3O2. The lowest BCUT2D eigenvalue weighted by atomic mass is 10.2. The molecule has 5 nitrogen and oxygen atoms in total. The van der Waals surface area contributed by atoms with Crippen molar-refractivity contribution in [2.45, 2.75) is 0 Å². The number of methoxy groups -OCH3 is 1. The number of benzene rings is 2. The minimum absolute atomic E-state index is 0.297.